The number of rotatable bonds is 5. The summed E-state index contributed by atoms with van der Waals surface area (Å²) in [6.45, 7) is 2.72. The molecule has 1 aromatic rings. The lowest BCUT2D eigenvalue weighted by atomic mass is 10.1. The lowest BCUT2D eigenvalue weighted by Crippen LogP contribution is -2.52. The van der Waals surface area contributed by atoms with E-state index < -0.39 is 12.0 Å². The second kappa shape index (κ2) is 7.40. The fourth-order valence-electron chi connectivity index (χ4n) is 2.32. The van der Waals surface area contributed by atoms with Crippen molar-refractivity contribution in [2.75, 3.05) is 31.5 Å². The van der Waals surface area contributed by atoms with Crippen molar-refractivity contribution in [3.8, 4) is 0 Å². The molecular formula is C14H18ClN3O3. The fraction of sp³-hybridized carbons (Fsp3) is 0.429. The van der Waals surface area contributed by atoms with Crippen molar-refractivity contribution >= 4 is 29.2 Å². The van der Waals surface area contributed by atoms with Crippen LogP contribution in [0.15, 0.2) is 24.3 Å². The first-order valence-electron chi connectivity index (χ1n) is 6.79. The Bertz CT molecular complexity index is 518. The van der Waals surface area contributed by atoms with Crippen molar-refractivity contribution < 1.29 is 14.7 Å². The first-order valence-corrected chi connectivity index (χ1v) is 7.17. The molecule has 0 saturated carbocycles. The highest BCUT2D eigenvalue weighted by Crippen LogP contribution is 2.16. The molecule has 21 heavy (non-hydrogen) atoms. The van der Waals surface area contributed by atoms with Crippen LogP contribution in [-0.2, 0) is 9.59 Å². The van der Waals surface area contributed by atoms with Gasteiger partial charge in [-0.25, -0.2) is 0 Å². The maximum atomic E-state index is 12.0. The third-order valence-corrected chi connectivity index (χ3v) is 3.60. The molecule has 1 fully saturated rings. The van der Waals surface area contributed by atoms with Gasteiger partial charge in [0.05, 0.1) is 6.42 Å². The van der Waals surface area contributed by atoms with E-state index in [-0.39, 0.29) is 12.3 Å². The smallest absolute Gasteiger partial charge is 0.321 e. The van der Waals surface area contributed by atoms with Crippen LogP contribution < -0.4 is 10.6 Å². The van der Waals surface area contributed by atoms with Crippen LogP contribution >= 0.6 is 11.6 Å². The fourth-order valence-corrected chi connectivity index (χ4v) is 2.51. The Hall–Kier alpha value is -1.63. The van der Waals surface area contributed by atoms with E-state index in [0.717, 1.165) is 13.1 Å². The van der Waals surface area contributed by atoms with Gasteiger partial charge in [-0.2, -0.15) is 0 Å². The standard InChI is InChI=1S/C14H18ClN3O3/c15-10-2-1-3-11(8-10)17-13(19)9-12(14(20)21)18-6-4-16-5-7-18/h1-3,8,12,16H,4-7,9H2,(H,17,19)(H,20,21). The van der Waals surface area contributed by atoms with E-state index in [1.54, 1.807) is 24.3 Å². The molecular weight excluding hydrogens is 294 g/mol. The van der Waals surface area contributed by atoms with Gasteiger partial charge in [0.1, 0.15) is 6.04 Å². The number of halogens is 1. The average molecular weight is 312 g/mol. The van der Waals surface area contributed by atoms with Crippen molar-refractivity contribution in [1.29, 1.82) is 0 Å². The summed E-state index contributed by atoms with van der Waals surface area (Å²) >= 11 is 5.85. The summed E-state index contributed by atoms with van der Waals surface area (Å²) < 4.78 is 0. The van der Waals surface area contributed by atoms with Gasteiger partial charge in [0.2, 0.25) is 5.91 Å². The van der Waals surface area contributed by atoms with Gasteiger partial charge in [-0.05, 0) is 18.2 Å². The zero-order valence-corrected chi connectivity index (χ0v) is 12.3. The van der Waals surface area contributed by atoms with Gasteiger partial charge in [-0.15, -0.1) is 0 Å². The van der Waals surface area contributed by atoms with Crippen molar-refractivity contribution in [1.82, 2.24) is 10.2 Å². The molecule has 7 heteroatoms. The molecule has 114 valence electrons. The molecule has 0 bridgehead atoms. The van der Waals surface area contributed by atoms with Crippen LogP contribution in [0.2, 0.25) is 5.02 Å². The van der Waals surface area contributed by atoms with Gasteiger partial charge < -0.3 is 15.7 Å². The second-order valence-electron chi connectivity index (χ2n) is 4.90. The molecule has 1 heterocycles. The number of nitrogens with zero attached hydrogens (tertiary/aromatic N) is 1. The summed E-state index contributed by atoms with van der Waals surface area (Å²) in [5.74, 6) is -1.30. The molecule has 0 aromatic heterocycles. The Labute approximate surface area is 128 Å². The zero-order valence-electron chi connectivity index (χ0n) is 11.5. The quantitative estimate of drug-likeness (QED) is 0.756. The number of benzene rings is 1. The van der Waals surface area contributed by atoms with Crippen LogP contribution in [0, 0.1) is 0 Å². The first-order chi connectivity index (χ1) is 10.1. The number of carbonyl (C=O) groups excluding carboxylic acids is 1. The van der Waals surface area contributed by atoms with Gasteiger partial charge in [0, 0.05) is 36.9 Å². The normalized spacial score (nSPS) is 17.2. The number of hydrogen-bond donors (Lipinski definition) is 3. The minimum Gasteiger partial charge on any atom is -0.480 e. The maximum Gasteiger partial charge on any atom is 0.321 e. The lowest BCUT2D eigenvalue weighted by Gasteiger charge is -2.32. The van der Waals surface area contributed by atoms with Crippen molar-refractivity contribution in [2.45, 2.75) is 12.5 Å². The van der Waals surface area contributed by atoms with Crippen LogP contribution in [0.25, 0.3) is 0 Å². The molecule has 0 spiro atoms. The number of carboxylic acids is 1. The summed E-state index contributed by atoms with van der Waals surface area (Å²) in [6, 6.07) is 5.97. The predicted octanol–water partition coefficient (Wildman–Crippen LogP) is 1.03. The van der Waals surface area contributed by atoms with Gasteiger partial charge in [0.25, 0.3) is 0 Å². The van der Waals surface area contributed by atoms with E-state index in [9.17, 15) is 14.7 Å². The summed E-state index contributed by atoms with van der Waals surface area (Å²) in [6.07, 6.45) is -0.0815. The number of carboxylic acid groups (broad SMARTS) is 1. The number of amides is 1. The molecule has 6 nitrogen and oxygen atoms in total. The van der Waals surface area contributed by atoms with Gasteiger partial charge in [-0.1, -0.05) is 17.7 Å². The number of carbonyl (C=O) groups is 2. The molecule has 1 amide bonds. The summed E-state index contributed by atoms with van der Waals surface area (Å²) in [5.41, 5.74) is 0.567. The second-order valence-corrected chi connectivity index (χ2v) is 5.34. The van der Waals surface area contributed by atoms with E-state index >= 15 is 0 Å². The topological polar surface area (TPSA) is 81.7 Å². The maximum absolute atomic E-state index is 12.0. The van der Waals surface area contributed by atoms with E-state index in [4.69, 9.17) is 11.6 Å². The average Bonchev–Trinajstić information content (AvgIpc) is 2.45. The molecule has 1 aliphatic rings. The molecule has 1 atom stereocenters. The Morgan fingerprint density at radius 3 is 2.71 bits per heavy atom. The van der Waals surface area contributed by atoms with Crippen LogP contribution in [0.3, 0.4) is 0 Å². The first kappa shape index (κ1) is 15.8. The summed E-state index contributed by atoms with van der Waals surface area (Å²) in [5, 5.41) is 15.7. The third-order valence-electron chi connectivity index (χ3n) is 3.36. The van der Waals surface area contributed by atoms with Gasteiger partial charge in [0.15, 0.2) is 0 Å². The molecule has 3 N–H and O–H groups in total. The minimum atomic E-state index is -0.974. The van der Waals surface area contributed by atoms with E-state index in [0.29, 0.717) is 23.8 Å². The Morgan fingerprint density at radius 1 is 1.38 bits per heavy atom. The number of aliphatic carboxylic acids is 1. The van der Waals surface area contributed by atoms with Crippen molar-refractivity contribution in [3.05, 3.63) is 29.3 Å². The summed E-state index contributed by atoms with van der Waals surface area (Å²) in [4.78, 5) is 25.2. The highest BCUT2D eigenvalue weighted by atomic mass is 35.5. The molecule has 2 rings (SSSR count). The van der Waals surface area contributed by atoms with Crippen LogP contribution in [-0.4, -0.2) is 54.1 Å². The van der Waals surface area contributed by atoms with E-state index in [2.05, 4.69) is 10.6 Å². The Kier molecular flexibility index (Phi) is 5.55. The zero-order chi connectivity index (χ0) is 15.2. The molecule has 1 aromatic carbocycles. The molecule has 1 saturated heterocycles. The SMILES string of the molecule is O=C(CC(C(=O)O)N1CCNCC1)Nc1cccc(Cl)c1. The Morgan fingerprint density at radius 2 is 2.10 bits per heavy atom. The molecule has 0 radical (unpaired) electrons. The number of nitrogens with one attached hydrogen (secondary N) is 2. The number of hydrogen-bond acceptors (Lipinski definition) is 4. The van der Waals surface area contributed by atoms with E-state index in [1.807, 2.05) is 4.90 Å². The van der Waals surface area contributed by atoms with Crippen LogP contribution in [0.1, 0.15) is 6.42 Å². The lowest BCUT2D eigenvalue weighted by molar-refractivity contribution is -0.145. The Balaban J connectivity index is 1.96. The number of anilines is 1. The van der Waals surface area contributed by atoms with Crippen molar-refractivity contribution in [2.24, 2.45) is 0 Å². The minimum absolute atomic E-state index is 0.0815. The monoisotopic (exact) mass is 311 g/mol. The van der Waals surface area contributed by atoms with E-state index in [1.165, 1.54) is 0 Å². The molecule has 0 aliphatic carbocycles. The van der Waals surface area contributed by atoms with Gasteiger partial charge >= 0.3 is 5.97 Å². The van der Waals surface area contributed by atoms with Crippen LogP contribution in [0.4, 0.5) is 5.69 Å². The predicted molar refractivity (Wildman–Crippen MR) is 80.6 cm³/mol. The summed E-state index contributed by atoms with van der Waals surface area (Å²) in [7, 11) is 0. The highest BCUT2D eigenvalue weighted by molar-refractivity contribution is 6.30. The third kappa shape index (κ3) is 4.70. The number of piperazine rings is 1. The van der Waals surface area contributed by atoms with Crippen LogP contribution in [0.5, 0.6) is 0 Å². The van der Waals surface area contributed by atoms with Crippen molar-refractivity contribution in [3.63, 3.8) is 0 Å². The van der Waals surface area contributed by atoms with Gasteiger partial charge in [-0.3, -0.25) is 14.5 Å². The molecule has 1 aliphatic heterocycles. The highest BCUT2D eigenvalue weighted by Gasteiger charge is 2.28. The molecule has 1 unspecified atom stereocenters. The largest absolute Gasteiger partial charge is 0.480 e.